The molecule has 0 bridgehead atoms. The average molecular weight is 495 g/mol. The molecule has 0 saturated carbocycles. The standard InChI is InChI=1S/C23H34N4O6S/c1-14-11-27(15(2)13-28)23(29)18-9-8-10-19(25(5)6)21(18)32-20(14)12-26(7)34(30,31)22-16(3)24-33-17(22)4/h8-10,14-15,20,28H,11-13H2,1-7H3/t14-,15+,20-/m1/s1. The number of aryl methyl sites for hydroxylation is 2. The molecule has 34 heavy (non-hydrogen) atoms. The second kappa shape index (κ2) is 9.93. The van der Waals surface area contributed by atoms with Crippen molar-refractivity contribution in [1.29, 1.82) is 0 Å². The number of aromatic nitrogens is 1. The Bertz CT molecular complexity index is 1130. The lowest BCUT2D eigenvalue weighted by atomic mass is 9.99. The van der Waals surface area contributed by atoms with Gasteiger partial charge in [0.1, 0.15) is 16.7 Å². The minimum atomic E-state index is -3.88. The summed E-state index contributed by atoms with van der Waals surface area (Å²) in [5.41, 5.74) is 1.38. The normalized spacial score (nSPS) is 19.9. The minimum Gasteiger partial charge on any atom is -0.486 e. The molecule has 0 unspecified atom stereocenters. The molecule has 1 aliphatic rings. The van der Waals surface area contributed by atoms with E-state index in [1.807, 2.05) is 32.0 Å². The molecule has 0 saturated heterocycles. The molecule has 3 rings (SSSR count). The lowest BCUT2D eigenvalue weighted by Crippen LogP contribution is -2.50. The molecule has 188 valence electrons. The van der Waals surface area contributed by atoms with Crippen LogP contribution in [0.2, 0.25) is 0 Å². The van der Waals surface area contributed by atoms with Crippen molar-refractivity contribution in [3.63, 3.8) is 0 Å². The summed E-state index contributed by atoms with van der Waals surface area (Å²) in [6, 6.07) is 4.91. The number of aliphatic hydroxyl groups excluding tert-OH is 1. The Labute approximate surface area is 201 Å². The highest BCUT2D eigenvalue weighted by Crippen LogP contribution is 2.36. The Kier molecular flexibility index (Phi) is 7.59. The monoisotopic (exact) mass is 494 g/mol. The maximum Gasteiger partial charge on any atom is 0.258 e. The highest BCUT2D eigenvalue weighted by Gasteiger charge is 2.37. The van der Waals surface area contributed by atoms with E-state index in [2.05, 4.69) is 5.16 Å². The summed E-state index contributed by atoms with van der Waals surface area (Å²) in [4.78, 5) is 16.9. The van der Waals surface area contributed by atoms with Crippen LogP contribution in [-0.4, -0.2) is 86.8 Å². The topological polar surface area (TPSA) is 116 Å². The second-order valence-electron chi connectivity index (χ2n) is 9.11. The fraction of sp³-hybridized carbons (Fsp3) is 0.565. The van der Waals surface area contributed by atoms with E-state index >= 15 is 0 Å². The Morgan fingerprint density at radius 1 is 1.26 bits per heavy atom. The van der Waals surface area contributed by atoms with Gasteiger partial charge in [-0.05, 0) is 32.9 Å². The summed E-state index contributed by atoms with van der Waals surface area (Å²) in [7, 11) is 1.31. The van der Waals surface area contributed by atoms with Crippen LogP contribution in [0.5, 0.6) is 5.75 Å². The van der Waals surface area contributed by atoms with E-state index in [0.29, 0.717) is 29.2 Å². The maximum absolute atomic E-state index is 13.4. The quantitative estimate of drug-likeness (QED) is 0.620. The van der Waals surface area contributed by atoms with Crippen molar-refractivity contribution < 1.29 is 27.6 Å². The van der Waals surface area contributed by atoms with E-state index in [1.54, 1.807) is 37.8 Å². The lowest BCUT2D eigenvalue weighted by Gasteiger charge is -2.38. The first-order valence-corrected chi connectivity index (χ1v) is 12.6. The van der Waals surface area contributed by atoms with Crippen LogP contribution in [0.15, 0.2) is 27.6 Å². The largest absolute Gasteiger partial charge is 0.486 e. The number of likely N-dealkylation sites (N-methyl/N-ethyl adjacent to an activating group) is 1. The van der Waals surface area contributed by atoms with Crippen molar-refractivity contribution in [3.8, 4) is 5.75 Å². The summed E-state index contributed by atoms with van der Waals surface area (Å²) in [5.74, 6) is 0.156. The maximum atomic E-state index is 13.4. The van der Waals surface area contributed by atoms with Gasteiger partial charge in [0.2, 0.25) is 10.0 Å². The number of nitrogens with zero attached hydrogens (tertiary/aromatic N) is 4. The molecule has 0 radical (unpaired) electrons. The van der Waals surface area contributed by atoms with Crippen molar-refractivity contribution in [2.75, 3.05) is 45.7 Å². The van der Waals surface area contributed by atoms with Crippen molar-refractivity contribution in [3.05, 3.63) is 35.2 Å². The third-order valence-corrected chi connectivity index (χ3v) is 8.29. The third kappa shape index (κ3) is 4.77. The molecule has 1 amide bonds. The highest BCUT2D eigenvalue weighted by atomic mass is 32.2. The van der Waals surface area contributed by atoms with Crippen LogP contribution in [0.1, 0.15) is 35.7 Å². The summed E-state index contributed by atoms with van der Waals surface area (Å²) < 4.78 is 39.4. The molecule has 3 atom stereocenters. The fourth-order valence-electron chi connectivity index (χ4n) is 4.15. The average Bonchev–Trinajstić information content (AvgIpc) is 3.13. The number of benzene rings is 1. The van der Waals surface area contributed by atoms with E-state index in [4.69, 9.17) is 9.26 Å². The summed E-state index contributed by atoms with van der Waals surface area (Å²) >= 11 is 0. The number of fused-ring (bicyclic) bond motifs is 1. The van der Waals surface area contributed by atoms with E-state index in [-0.39, 0.29) is 35.6 Å². The van der Waals surface area contributed by atoms with Gasteiger partial charge in [0.15, 0.2) is 11.5 Å². The molecule has 1 aliphatic heterocycles. The minimum absolute atomic E-state index is 0.0459. The van der Waals surface area contributed by atoms with Gasteiger partial charge in [-0.3, -0.25) is 4.79 Å². The van der Waals surface area contributed by atoms with Crippen LogP contribution in [0.3, 0.4) is 0 Å². The molecular formula is C23H34N4O6S. The number of carbonyl (C=O) groups excluding carboxylic acids is 1. The molecular weight excluding hydrogens is 460 g/mol. The highest BCUT2D eigenvalue weighted by molar-refractivity contribution is 7.89. The number of sulfonamides is 1. The van der Waals surface area contributed by atoms with Gasteiger partial charge in [0.25, 0.3) is 5.91 Å². The van der Waals surface area contributed by atoms with Crippen molar-refractivity contribution in [2.24, 2.45) is 5.92 Å². The first-order valence-electron chi connectivity index (χ1n) is 11.2. The number of hydrogen-bond donors (Lipinski definition) is 1. The van der Waals surface area contributed by atoms with Gasteiger partial charge >= 0.3 is 0 Å². The number of hydrogen-bond acceptors (Lipinski definition) is 8. The van der Waals surface area contributed by atoms with Gasteiger partial charge in [0, 0.05) is 33.6 Å². The molecule has 1 aromatic carbocycles. The summed E-state index contributed by atoms with van der Waals surface area (Å²) in [5, 5.41) is 13.6. The number of ether oxygens (including phenoxy) is 1. The van der Waals surface area contributed by atoms with Crippen LogP contribution in [0.4, 0.5) is 5.69 Å². The van der Waals surface area contributed by atoms with Gasteiger partial charge in [-0.15, -0.1) is 0 Å². The Hall–Kier alpha value is -2.63. The van der Waals surface area contributed by atoms with Crippen molar-refractivity contribution >= 4 is 21.6 Å². The lowest BCUT2D eigenvalue weighted by molar-refractivity contribution is 0.0388. The third-order valence-electron chi connectivity index (χ3n) is 6.23. The van der Waals surface area contributed by atoms with Gasteiger partial charge in [0.05, 0.1) is 30.4 Å². The van der Waals surface area contributed by atoms with Gasteiger partial charge in [-0.25, -0.2) is 8.42 Å². The Balaban J connectivity index is 2.05. The zero-order chi connectivity index (χ0) is 25.4. The molecule has 2 heterocycles. The molecule has 0 spiro atoms. The first-order chi connectivity index (χ1) is 15.9. The second-order valence-corrected chi connectivity index (χ2v) is 11.1. The smallest absolute Gasteiger partial charge is 0.258 e. The van der Waals surface area contributed by atoms with E-state index in [9.17, 15) is 18.3 Å². The van der Waals surface area contributed by atoms with Crippen molar-refractivity contribution in [2.45, 2.75) is 44.7 Å². The number of para-hydroxylation sites is 1. The molecule has 10 nitrogen and oxygen atoms in total. The molecule has 1 aromatic heterocycles. The van der Waals surface area contributed by atoms with Crippen LogP contribution in [0, 0.1) is 19.8 Å². The van der Waals surface area contributed by atoms with Crippen LogP contribution in [-0.2, 0) is 10.0 Å². The number of carbonyl (C=O) groups is 1. The van der Waals surface area contributed by atoms with Gasteiger partial charge in [-0.2, -0.15) is 4.31 Å². The molecule has 1 N–H and O–H groups in total. The SMILES string of the molecule is Cc1noc(C)c1S(=O)(=O)N(C)C[C@H]1Oc2c(cccc2N(C)C)C(=O)N([C@@H](C)CO)C[C@H]1C. The molecule has 11 heteroatoms. The predicted octanol–water partition coefficient (Wildman–Crippen LogP) is 1.90. The molecule has 2 aromatic rings. The number of amides is 1. The van der Waals surface area contributed by atoms with Gasteiger partial charge in [-0.1, -0.05) is 18.1 Å². The van der Waals surface area contributed by atoms with E-state index in [1.165, 1.54) is 11.4 Å². The number of anilines is 1. The van der Waals surface area contributed by atoms with Gasteiger partial charge < -0.3 is 24.2 Å². The van der Waals surface area contributed by atoms with Crippen LogP contribution < -0.4 is 9.64 Å². The summed E-state index contributed by atoms with van der Waals surface area (Å²) in [6.07, 6.45) is -0.568. The summed E-state index contributed by atoms with van der Waals surface area (Å²) in [6.45, 7) is 7.01. The Morgan fingerprint density at radius 3 is 2.50 bits per heavy atom. The fourth-order valence-corrected chi connectivity index (χ4v) is 5.61. The zero-order valence-corrected chi connectivity index (χ0v) is 21.6. The molecule has 0 fully saturated rings. The first kappa shape index (κ1) is 26.0. The van der Waals surface area contributed by atoms with Crippen LogP contribution >= 0.6 is 0 Å². The van der Waals surface area contributed by atoms with Crippen molar-refractivity contribution in [1.82, 2.24) is 14.4 Å². The predicted molar refractivity (Wildman–Crippen MR) is 128 cm³/mol. The van der Waals surface area contributed by atoms with E-state index < -0.39 is 22.2 Å². The molecule has 0 aliphatic carbocycles. The van der Waals surface area contributed by atoms with Crippen LogP contribution in [0.25, 0.3) is 0 Å². The number of aliphatic hydroxyl groups is 1. The Morgan fingerprint density at radius 2 is 1.94 bits per heavy atom. The van der Waals surface area contributed by atoms with E-state index in [0.717, 1.165) is 0 Å². The zero-order valence-electron chi connectivity index (χ0n) is 20.8. The number of rotatable bonds is 7.